The lowest BCUT2D eigenvalue weighted by atomic mass is 10.2. The number of hydrogen-bond acceptors (Lipinski definition) is 5. The van der Waals surface area contributed by atoms with Gasteiger partial charge in [0.15, 0.2) is 5.13 Å². The highest BCUT2D eigenvalue weighted by Gasteiger charge is 2.13. The van der Waals surface area contributed by atoms with E-state index in [9.17, 15) is 9.59 Å². The molecule has 138 valence electrons. The van der Waals surface area contributed by atoms with E-state index in [1.807, 2.05) is 25.2 Å². The van der Waals surface area contributed by atoms with Crippen molar-refractivity contribution in [2.24, 2.45) is 0 Å². The van der Waals surface area contributed by atoms with Crippen LogP contribution in [0.3, 0.4) is 0 Å². The minimum Gasteiger partial charge on any atom is -0.344 e. The molecule has 0 radical (unpaired) electrons. The first-order chi connectivity index (χ1) is 11.1. The molecular formula is C16H22Cl2N4O2S. The number of nitrogens with zero attached hydrogens (tertiary/aromatic N) is 2. The second-order valence-electron chi connectivity index (χ2n) is 5.06. The molecule has 0 aliphatic carbocycles. The molecule has 1 aromatic heterocycles. The van der Waals surface area contributed by atoms with Gasteiger partial charge in [0, 0.05) is 31.1 Å². The van der Waals surface area contributed by atoms with Crippen molar-refractivity contribution in [3.05, 3.63) is 47.0 Å². The van der Waals surface area contributed by atoms with Gasteiger partial charge in [0.1, 0.15) is 0 Å². The van der Waals surface area contributed by atoms with Gasteiger partial charge in [0.2, 0.25) is 5.91 Å². The fourth-order valence-electron chi connectivity index (χ4n) is 1.90. The molecule has 1 aromatic carbocycles. The summed E-state index contributed by atoms with van der Waals surface area (Å²) in [6, 6.07) is 8.95. The lowest BCUT2D eigenvalue weighted by molar-refractivity contribution is -0.129. The zero-order valence-corrected chi connectivity index (χ0v) is 16.5. The average Bonchev–Trinajstić information content (AvgIpc) is 3.00. The van der Waals surface area contributed by atoms with Gasteiger partial charge in [0.25, 0.3) is 5.91 Å². The fraction of sp³-hybridized carbons (Fsp3) is 0.312. The number of benzene rings is 1. The summed E-state index contributed by atoms with van der Waals surface area (Å²) in [5, 5.41) is 8.05. The molecule has 1 heterocycles. The van der Waals surface area contributed by atoms with E-state index in [-0.39, 0.29) is 43.0 Å². The van der Waals surface area contributed by atoms with Crippen LogP contribution in [0.2, 0.25) is 0 Å². The summed E-state index contributed by atoms with van der Waals surface area (Å²) in [5.41, 5.74) is 1.24. The average molecular weight is 405 g/mol. The number of hydrogen-bond donors (Lipinski definition) is 2. The molecule has 9 heteroatoms. The van der Waals surface area contributed by atoms with Crippen LogP contribution in [0.25, 0.3) is 0 Å². The predicted molar refractivity (Wildman–Crippen MR) is 106 cm³/mol. The number of nitrogens with one attached hydrogen (secondary N) is 2. The van der Waals surface area contributed by atoms with Crippen molar-refractivity contribution in [3.8, 4) is 0 Å². The molecule has 25 heavy (non-hydrogen) atoms. The molecule has 0 bridgehead atoms. The van der Waals surface area contributed by atoms with Crippen molar-refractivity contribution in [1.29, 1.82) is 0 Å². The summed E-state index contributed by atoms with van der Waals surface area (Å²) in [4.78, 5) is 30.1. The molecule has 2 rings (SSSR count). The Morgan fingerprint density at radius 3 is 2.52 bits per heavy atom. The first kappa shape index (κ1) is 23.3. The third kappa shape index (κ3) is 7.39. The summed E-state index contributed by atoms with van der Waals surface area (Å²) in [7, 11) is 3.62. The van der Waals surface area contributed by atoms with E-state index in [2.05, 4.69) is 15.6 Å². The van der Waals surface area contributed by atoms with Crippen molar-refractivity contribution < 1.29 is 9.59 Å². The molecule has 2 aromatic rings. The second-order valence-corrected chi connectivity index (χ2v) is 5.92. The first-order valence-electron chi connectivity index (χ1n) is 7.29. The molecule has 2 amide bonds. The van der Waals surface area contributed by atoms with Gasteiger partial charge in [-0.15, -0.1) is 36.2 Å². The highest BCUT2D eigenvalue weighted by Crippen LogP contribution is 2.17. The molecule has 0 saturated heterocycles. The zero-order chi connectivity index (χ0) is 16.7. The minimum atomic E-state index is -0.205. The molecule has 0 unspecified atom stereocenters. The number of rotatable bonds is 7. The summed E-state index contributed by atoms with van der Waals surface area (Å²) in [5.74, 6) is -0.199. The van der Waals surface area contributed by atoms with Crippen LogP contribution >= 0.6 is 36.2 Å². The van der Waals surface area contributed by atoms with Crippen LogP contribution in [0.15, 0.2) is 35.7 Å². The molecule has 2 N–H and O–H groups in total. The smallest absolute Gasteiger partial charge is 0.257 e. The molecular weight excluding hydrogens is 383 g/mol. The van der Waals surface area contributed by atoms with Gasteiger partial charge in [-0.3, -0.25) is 14.9 Å². The van der Waals surface area contributed by atoms with E-state index >= 15 is 0 Å². The summed E-state index contributed by atoms with van der Waals surface area (Å²) < 4.78 is 0. The molecule has 0 spiro atoms. The molecule has 0 aliphatic heterocycles. The van der Waals surface area contributed by atoms with Crippen molar-refractivity contribution >= 4 is 53.1 Å². The molecule has 0 atom stereocenters. The highest BCUT2D eigenvalue weighted by molar-refractivity contribution is 7.14. The van der Waals surface area contributed by atoms with Gasteiger partial charge in [-0.25, -0.2) is 4.98 Å². The normalized spacial score (nSPS) is 9.52. The van der Waals surface area contributed by atoms with Crippen LogP contribution in [0.1, 0.15) is 16.1 Å². The Morgan fingerprint density at radius 2 is 1.88 bits per heavy atom. The topological polar surface area (TPSA) is 74.3 Å². The van der Waals surface area contributed by atoms with Crippen molar-refractivity contribution in [2.45, 2.75) is 6.42 Å². The number of halogens is 2. The number of amides is 2. The lowest BCUT2D eigenvalue weighted by Crippen LogP contribution is -2.33. The number of carbonyl (C=O) groups excluding carboxylic acids is 2. The largest absolute Gasteiger partial charge is 0.344 e. The van der Waals surface area contributed by atoms with Crippen LogP contribution in [-0.2, 0) is 11.2 Å². The van der Waals surface area contributed by atoms with E-state index < -0.39 is 0 Å². The Kier molecular flexibility index (Phi) is 11.0. The quantitative estimate of drug-likeness (QED) is 0.742. The van der Waals surface area contributed by atoms with Crippen LogP contribution in [0.4, 0.5) is 5.13 Å². The summed E-state index contributed by atoms with van der Waals surface area (Å²) >= 11 is 1.32. The summed E-state index contributed by atoms with van der Waals surface area (Å²) in [6.07, 6.45) is 0.234. The zero-order valence-electron chi connectivity index (χ0n) is 14.0. The Morgan fingerprint density at radius 1 is 1.20 bits per heavy atom. The minimum absolute atomic E-state index is 0. The summed E-state index contributed by atoms with van der Waals surface area (Å²) in [6.45, 7) is 1.40. The number of anilines is 1. The van der Waals surface area contributed by atoms with Gasteiger partial charge in [0.05, 0.1) is 12.1 Å². The third-order valence-electron chi connectivity index (χ3n) is 3.26. The van der Waals surface area contributed by atoms with Crippen LogP contribution in [0.5, 0.6) is 0 Å². The van der Waals surface area contributed by atoms with Crippen molar-refractivity contribution in [2.75, 3.05) is 32.5 Å². The van der Waals surface area contributed by atoms with Gasteiger partial charge >= 0.3 is 0 Å². The molecule has 0 aliphatic rings. The monoisotopic (exact) mass is 404 g/mol. The number of aromatic nitrogens is 1. The first-order valence-corrected chi connectivity index (χ1v) is 8.17. The van der Waals surface area contributed by atoms with Crippen LogP contribution < -0.4 is 10.6 Å². The number of carbonyl (C=O) groups is 2. The molecule has 6 nitrogen and oxygen atoms in total. The molecule has 0 fully saturated rings. The standard InChI is InChI=1S/C16H20N4O2S.2ClH/c1-17-8-9-20(2)14(21)10-13-11-23-16(18-13)19-15(22)12-6-4-3-5-7-12;;/h3-7,11,17H,8-10H2,1-2H3,(H,18,19,22);2*1H. The lowest BCUT2D eigenvalue weighted by Gasteiger charge is -2.15. The van der Waals surface area contributed by atoms with Gasteiger partial charge in [-0.1, -0.05) is 18.2 Å². The Bertz CT molecular complexity index is 667. The Labute approximate surface area is 163 Å². The fourth-order valence-corrected chi connectivity index (χ4v) is 2.60. The second kappa shape index (κ2) is 11.8. The maximum absolute atomic E-state index is 12.0. The number of likely N-dealkylation sites (N-methyl/N-ethyl adjacent to an activating group) is 2. The van der Waals surface area contributed by atoms with Gasteiger partial charge in [-0.05, 0) is 19.2 Å². The van der Waals surface area contributed by atoms with E-state index in [0.29, 0.717) is 22.9 Å². The predicted octanol–water partition coefficient (Wildman–Crippen LogP) is 2.46. The third-order valence-corrected chi connectivity index (χ3v) is 4.07. The Hall–Kier alpha value is -1.67. The van der Waals surface area contributed by atoms with E-state index in [1.54, 1.807) is 29.5 Å². The van der Waals surface area contributed by atoms with Crippen LogP contribution in [0, 0.1) is 0 Å². The molecule has 0 saturated carbocycles. The number of thiazole rings is 1. The highest BCUT2D eigenvalue weighted by atomic mass is 35.5. The Balaban J connectivity index is 0.00000288. The SMILES string of the molecule is CNCCN(C)C(=O)Cc1csc(NC(=O)c2ccccc2)n1.Cl.Cl. The van der Waals surface area contributed by atoms with Crippen molar-refractivity contribution in [3.63, 3.8) is 0 Å². The van der Waals surface area contributed by atoms with E-state index in [0.717, 1.165) is 6.54 Å². The maximum atomic E-state index is 12.0. The van der Waals surface area contributed by atoms with E-state index in [1.165, 1.54) is 11.3 Å². The van der Waals surface area contributed by atoms with E-state index in [4.69, 9.17) is 0 Å². The maximum Gasteiger partial charge on any atom is 0.257 e. The van der Waals surface area contributed by atoms with Gasteiger partial charge < -0.3 is 10.2 Å². The van der Waals surface area contributed by atoms with Gasteiger partial charge in [-0.2, -0.15) is 0 Å². The van der Waals surface area contributed by atoms with Crippen molar-refractivity contribution in [1.82, 2.24) is 15.2 Å². The van der Waals surface area contributed by atoms with Crippen LogP contribution in [-0.4, -0.2) is 48.9 Å².